The number of hydrogen-bond donors (Lipinski definition) is 1. The fourth-order valence-electron chi connectivity index (χ4n) is 2.10. The molecule has 0 saturated heterocycles. The molecule has 0 aromatic heterocycles. The molecule has 1 atom stereocenters. The summed E-state index contributed by atoms with van der Waals surface area (Å²) in [6.45, 7) is 8.61. The molecule has 1 aromatic carbocycles. The molecular weight excluding hydrogens is 205 g/mol. The molecule has 0 amide bonds. The van der Waals surface area contributed by atoms with Crippen molar-refractivity contribution < 1.29 is 4.74 Å². The molecular formula is C12H20NOP. The van der Waals surface area contributed by atoms with Gasteiger partial charge in [-0.05, 0) is 51.4 Å². The maximum absolute atomic E-state index is 5.84. The van der Waals surface area contributed by atoms with Crippen LogP contribution in [0.1, 0.15) is 30.5 Å². The summed E-state index contributed by atoms with van der Waals surface area (Å²) in [5, 5.41) is 0.0560. The fraction of sp³-hybridized carbons (Fsp3) is 0.500. The number of nitrogens with two attached hydrogens (primary N) is 1. The third-order valence-corrected chi connectivity index (χ3v) is 3.70. The number of benzene rings is 1. The van der Waals surface area contributed by atoms with Crippen molar-refractivity contribution in [2.45, 2.75) is 32.9 Å². The second-order valence-electron chi connectivity index (χ2n) is 4.41. The van der Waals surface area contributed by atoms with Gasteiger partial charge < -0.3 is 10.2 Å². The van der Waals surface area contributed by atoms with Gasteiger partial charge in [0.15, 0.2) is 0 Å². The van der Waals surface area contributed by atoms with Crippen molar-refractivity contribution in [2.75, 3.05) is 7.11 Å². The lowest BCUT2D eigenvalue weighted by atomic mass is 9.92. The summed E-state index contributed by atoms with van der Waals surface area (Å²) in [7, 11) is 2.11. The lowest BCUT2D eigenvalue weighted by Crippen LogP contribution is -2.16. The van der Waals surface area contributed by atoms with E-state index >= 15 is 0 Å². The van der Waals surface area contributed by atoms with E-state index in [1.54, 1.807) is 7.11 Å². The maximum Gasteiger partial charge on any atom is 0.119 e. The normalized spacial score (nSPS) is 12.4. The first-order valence-electron chi connectivity index (χ1n) is 5.06. The maximum atomic E-state index is 5.84. The zero-order chi connectivity index (χ0) is 11.6. The zero-order valence-corrected chi connectivity index (χ0v) is 11.1. The molecule has 0 saturated carbocycles. The van der Waals surface area contributed by atoms with Gasteiger partial charge >= 0.3 is 0 Å². The van der Waals surface area contributed by atoms with Gasteiger partial charge in [-0.15, -0.1) is 0 Å². The Kier molecular flexibility index (Phi) is 3.75. The Morgan fingerprint density at radius 2 is 1.67 bits per heavy atom. The second-order valence-corrected chi connectivity index (χ2v) is 5.94. The van der Waals surface area contributed by atoms with Crippen LogP contribution < -0.4 is 10.2 Å². The third kappa shape index (κ3) is 2.50. The molecule has 0 aliphatic heterocycles. The molecule has 1 unspecified atom stereocenters. The molecule has 0 spiro atoms. The van der Waals surface area contributed by atoms with E-state index in [1.165, 1.54) is 16.7 Å². The topological polar surface area (TPSA) is 35.2 Å². The first-order chi connectivity index (χ1) is 6.92. The van der Waals surface area contributed by atoms with E-state index in [0.29, 0.717) is 8.73 Å². The number of rotatable bonds is 3. The molecule has 2 nitrogen and oxygen atoms in total. The highest BCUT2D eigenvalue weighted by atomic mass is 31.1. The summed E-state index contributed by atoms with van der Waals surface area (Å²) in [4.78, 5) is 0. The first kappa shape index (κ1) is 12.5. The summed E-state index contributed by atoms with van der Waals surface area (Å²) in [5.41, 5.74) is 9.71. The lowest BCUT2D eigenvalue weighted by Gasteiger charge is -2.27. The van der Waals surface area contributed by atoms with E-state index in [2.05, 4.69) is 39.8 Å². The van der Waals surface area contributed by atoms with Crippen LogP contribution in [0.25, 0.3) is 0 Å². The van der Waals surface area contributed by atoms with E-state index in [0.717, 1.165) is 5.75 Å². The van der Waals surface area contributed by atoms with Crippen LogP contribution in [-0.4, -0.2) is 7.11 Å². The summed E-state index contributed by atoms with van der Waals surface area (Å²) in [5.74, 6) is 0.921. The number of methoxy groups -OCH3 is 1. The van der Waals surface area contributed by atoms with Crippen LogP contribution in [0.5, 0.6) is 5.75 Å². The van der Waals surface area contributed by atoms with Crippen molar-refractivity contribution >= 4 is 8.73 Å². The minimum absolute atomic E-state index is 0.0560. The van der Waals surface area contributed by atoms with Gasteiger partial charge in [0.1, 0.15) is 5.75 Å². The quantitative estimate of drug-likeness (QED) is 0.802. The molecule has 84 valence electrons. The Labute approximate surface area is 94.0 Å². The highest BCUT2D eigenvalue weighted by Gasteiger charge is 2.23. The average molecular weight is 225 g/mol. The Hall–Kier alpha value is -0.590. The van der Waals surface area contributed by atoms with Gasteiger partial charge in [-0.3, -0.25) is 0 Å². The highest BCUT2D eigenvalue weighted by molar-refractivity contribution is 7.36. The zero-order valence-electron chi connectivity index (χ0n) is 10.1. The molecule has 0 aliphatic rings. The van der Waals surface area contributed by atoms with Crippen LogP contribution in [-0.2, 0) is 5.16 Å². The average Bonchev–Trinajstić information content (AvgIpc) is 2.16. The SMILES string of the molecule is COc1cc(C)c(C(C)(C)PN)c(C)c1. The summed E-state index contributed by atoms with van der Waals surface area (Å²) in [6, 6.07) is 4.15. The van der Waals surface area contributed by atoms with Gasteiger partial charge in [0.2, 0.25) is 0 Å². The predicted molar refractivity (Wildman–Crippen MR) is 68.0 cm³/mol. The Morgan fingerprint density at radius 1 is 1.20 bits per heavy atom. The largest absolute Gasteiger partial charge is 0.497 e. The standard InChI is InChI=1S/C12H20NOP/c1-8-6-10(14-5)7-9(2)11(8)12(3,4)15-13/h6-7,15H,13H2,1-5H3. The Balaban J connectivity index is 3.31. The molecule has 1 aromatic rings. The summed E-state index contributed by atoms with van der Waals surface area (Å²) < 4.78 is 5.25. The molecule has 0 fully saturated rings. The minimum atomic E-state index is 0.0560. The Morgan fingerprint density at radius 3 is 2.00 bits per heavy atom. The Bertz CT molecular complexity index is 338. The summed E-state index contributed by atoms with van der Waals surface area (Å²) in [6.07, 6.45) is 0. The van der Waals surface area contributed by atoms with Crippen LogP contribution in [0.2, 0.25) is 0 Å². The molecule has 0 bridgehead atoms. The number of ether oxygens (including phenoxy) is 1. The van der Waals surface area contributed by atoms with E-state index in [-0.39, 0.29) is 5.16 Å². The monoisotopic (exact) mass is 225 g/mol. The van der Waals surface area contributed by atoms with E-state index < -0.39 is 0 Å². The van der Waals surface area contributed by atoms with Gasteiger partial charge in [-0.25, -0.2) is 0 Å². The van der Waals surface area contributed by atoms with Crippen molar-refractivity contribution in [3.63, 3.8) is 0 Å². The second kappa shape index (κ2) is 4.51. The molecule has 2 N–H and O–H groups in total. The van der Waals surface area contributed by atoms with E-state index in [1.807, 2.05) is 0 Å². The van der Waals surface area contributed by atoms with Crippen LogP contribution >= 0.6 is 8.73 Å². The van der Waals surface area contributed by atoms with Crippen LogP contribution in [0.15, 0.2) is 12.1 Å². The molecule has 0 radical (unpaired) electrons. The van der Waals surface area contributed by atoms with E-state index in [4.69, 9.17) is 10.2 Å². The van der Waals surface area contributed by atoms with Crippen LogP contribution in [0.3, 0.4) is 0 Å². The van der Waals surface area contributed by atoms with Crippen molar-refractivity contribution in [2.24, 2.45) is 5.50 Å². The van der Waals surface area contributed by atoms with Gasteiger partial charge in [0, 0.05) is 5.16 Å². The van der Waals surface area contributed by atoms with Gasteiger partial charge in [-0.2, -0.15) is 0 Å². The van der Waals surface area contributed by atoms with Crippen LogP contribution in [0.4, 0.5) is 0 Å². The van der Waals surface area contributed by atoms with Crippen molar-refractivity contribution in [1.82, 2.24) is 0 Å². The van der Waals surface area contributed by atoms with Crippen LogP contribution in [0, 0.1) is 13.8 Å². The van der Waals surface area contributed by atoms with Crippen molar-refractivity contribution in [3.05, 3.63) is 28.8 Å². The fourth-order valence-corrected chi connectivity index (χ4v) is 2.64. The van der Waals surface area contributed by atoms with Crippen molar-refractivity contribution in [3.8, 4) is 5.75 Å². The van der Waals surface area contributed by atoms with Gasteiger partial charge in [0.05, 0.1) is 7.11 Å². The number of aryl methyl sites for hydroxylation is 2. The van der Waals surface area contributed by atoms with Gasteiger partial charge in [-0.1, -0.05) is 13.8 Å². The van der Waals surface area contributed by atoms with E-state index in [9.17, 15) is 0 Å². The third-order valence-electron chi connectivity index (χ3n) is 2.73. The predicted octanol–water partition coefficient (Wildman–Crippen LogP) is 3.10. The van der Waals surface area contributed by atoms with Crippen molar-refractivity contribution in [1.29, 1.82) is 0 Å². The lowest BCUT2D eigenvalue weighted by molar-refractivity contribution is 0.413. The number of hydrogen-bond acceptors (Lipinski definition) is 2. The molecule has 0 aliphatic carbocycles. The summed E-state index contributed by atoms with van der Waals surface area (Å²) >= 11 is 0. The highest BCUT2D eigenvalue weighted by Crippen LogP contribution is 2.40. The minimum Gasteiger partial charge on any atom is -0.497 e. The molecule has 15 heavy (non-hydrogen) atoms. The molecule has 0 heterocycles. The molecule has 1 rings (SSSR count). The smallest absolute Gasteiger partial charge is 0.119 e. The van der Waals surface area contributed by atoms with Gasteiger partial charge in [0.25, 0.3) is 0 Å². The first-order valence-corrected chi connectivity index (χ1v) is 6.13. The molecule has 3 heteroatoms.